The number of nitriles is 1. The summed E-state index contributed by atoms with van der Waals surface area (Å²) in [6, 6.07) is 17.8. The van der Waals surface area contributed by atoms with Gasteiger partial charge < -0.3 is 15.1 Å². The fourth-order valence-corrected chi connectivity index (χ4v) is 2.91. The summed E-state index contributed by atoms with van der Waals surface area (Å²) in [5, 5.41) is 12.1. The SMILES string of the molecule is CN(CCC#N)c1ccc(C2Nc3ccccc3C(=O)N2C)cc1. The second kappa shape index (κ2) is 6.63. The first kappa shape index (κ1) is 15.9. The fraction of sp³-hybridized carbons (Fsp3) is 0.263. The molecule has 122 valence electrons. The first-order valence-corrected chi connectivity index (χ1v) is 7.92. The van der Waals surface area contributed by atoms with Crippen LogP contribution >= 0.6 is 0 Å². The van der Waals surface area contributed by atoms with Gasteiger partial charge in [0.2, 0.25) is 0 Å². The van der Waals surface area contributed by atoms with E-state index in [9.17, 15) is 4.79 Å². The number of benzene rings is 2. The number of nitrogens with one attached hydrogen (secondary N) is 1. The van der Waals surface area contributed by atoms with E-state index in [4.69, 9.17) is 5.26 Å². The highest BCUT2D eigenvalue weighted by Gasteiger charge is 2.29. The van der Waals surface area contributed by atoms with Crippen molar-refractivity contribution in [3.63, 3.8) is 0 Å². The summed E-state index contributed by atoms with van der Waals surface area (Å²) in [5.74, 6) is 0.0181. The lowest BCUT2D eigenvalue weighted by Crippen LogP contribution is -2.40. The van der Waals surface area contributed by atoms with Crippen LogP contribution < -0.4 is 10.2 Å². The minimum atomic E-state index is -0.189. The van der Waals surface area contributed by atoms with Crippen molar-refractivity contribution >= 4 is 17.3 Å². The van der Waals surface area contributed by atoms with Crippen molar-refractivity contribution in [2.75, 3.05) is 30.9 Å². The molecular formula is C19H20N4O. The van der Waals surface area contributed by atoms with E-state index in [-0.39, 0.29) is 12.1 Å². The molecule has 0 bridgehead atoms. The molecule has 0 aromatic heterocycles. The maximum atomic E-state index is 12.5. The number of amides is 1. The highest BCUT2D eigenvalue weighted by Crippen LogP contribution is 2.32. The summed E-state index contributed by atoms with van der Waals surface area (Å²) in [6.07, 6.45) is 0.307. The van der Waals surface area contributed by atoms with Gasteiger partial charge in [0, 0.05) is 32.0 Å². The van der Waals surface area contributed by atoms with E-state index in [2.05, 4.69) is 11.4 Å². The van der Waals surface area contributed by atoms with Gasteiger partial charge in [-0.1, -0.05) is 24.3 Å². The molecule has 0 saturated carbocycles. The molecule has 3 rings (SSSR count). The molecule has 0 aliphatic carbocycles. The number of carbonyl (C=O) groups excluding carboxylic acids is 1. The molecule has 2 aromatic carbocycles. The van der Waals surface area contributed by atoms with E-state index in [0.717, 1.165) is 16.9 Å². The monoisotopic (exact) mass is 320 g/mol. The molecule has 0 saturated heterocycles. The number of rotatable bonds is 4. The summed E-state index contributed by atoms with van der Waals surface area (Å²) in [7, 11) is 3.78. The van der Waals surface area contributed by atoms with Gasteiger partial charge in [-0.25, -0.2) is 0 Å². The highest BCUT2D eigenvalue weighted by molar-refractivity contribution is 6.01. The molecule has 1 aliphatic heterocycles. The Morgan fingerprint density at radius 3 is 2.62 bits per heavy atom. The topological polar surface area (TPSA) is 59.4 Å². The highest BCUT2D eigenvalue weighted by atomic mass is 16.2. The predicted octanol–water partition coefficient (Wildman–Crippen LogP) is 3.23. The van der Waals surface area contributed by atoms with Crippen LogP contribution in [0.4, 0.5) is 11.4 Å². The van der Waals surface area contributed by atoms with Crippen LogP contribution in [-0.2, 0) is 0 Å². The average Bonchev–Trinajstić information content (AvgIpc) is 2.63. The lowest BCUT2D eigenvalue weighted by Gasteiger charge is -2.35. The van der Waals surface area contributed by atoms with Crippen LogP contribution in [0, 0.1) is 11.3 Å². The predicted molar refractivity (Wildman–Crippen MR) is 94.8 cm³/mol. The Kier molecular flexibility index (Phi) is 4.39. The second-order valence-corrected chi connectivity index (χ2v) is 5.93. The van der Waals surface area contributed by atoms with Gasteiger partial charge >= 0.3 is 0 Å². The molecule has 0 fully saturated rings. The second-order valence-electron chi connectivity index (χ2n) is 5.93. The zero-order valence-electron chi connectivity index (χ0n) is 13.9. The standard InChI is InChI=1S/C19H20N4O/c1-22(13-5-12-20)15-10-8-14(9-11-15)18-21-17-7-4-3-6-16(17)19(24)23(18)2/h3-4,6-11,18,21H,5,13H2,1-2H3. The number of fused-ring (bicyclic) bond motifs is 1. The molecule has 1 unspecified atom stereocenters. The molecule has 2 aromatic rings. The van der Waals surface area contributed by atoms with Crippen molar-refractivity contribution in [1.29, 1.82) is 5.26 Å². The van der Waals surface area contributed by atoms with Gasteiger partial charge in [0.05, 0.1) is 18.1 Å². The molecule has 1 heterocycles. The maximum absolute atomic E-state index is 12.5. The molecule has 1 N–H and O–H groups in total. The maximum Gasteiger partial charge on any atom is 0.257 e. The van der Waals surface area contributed by atoms with E-state index in [1.54, 1.807) is 4.90 Å². The largest absolute Gasteiger partial charge is 0.374 e. The van der Waals surface area contributed by atoms with Gasteiger partial charge in [-0.3, -0.25) is 4.79 Å². The van der Waals surface area contributed by atoms with Crippen LogP contribution in [0.25, 0.3) is 0 Å². The molecule has 1 aliphatic rings. The average molecular weight is 320 g/mol. The van der Waals surface area contributed by atoms with Crippen LogP contribution in [0.5, 0.6) is 0 Å². The van der Waals surface area contributed by atoms with Crippen molar-refractivity contribution in [3.05, 3.63) is 59.7 Å². The number of hydrogen-bond donors (Lipinski definition) is 1. The van der Waals surface area contributed by atoms with E-state index in [1.165, 1.54) is 0 Å². The Bertz CT molecular complexity index is 779. The van der Waals surface area contributed by atoms with Crippen molar-refractivity contribution < 1.29 is 4.79 Å². The van der Waals surface area contributed by atoms with E-state index < -0.39 is 0 Å². The molecule has 0 radical (unpaired) electrons. The number of carbonyl (C=O) groups is 1. The molecule has 5 nitrogen and oxygen atoms in total. The van der Waals surface area contributed by atoms with Crippen LogP contribution in [0.1, 0.15) is 28.5 Å². The minimum absolute atomic E-state index is 0.0181. The number of nitrogens with zero attached hydrogens (tertiary/aromatic N) is 3. The Morgan fingerprint density at radius 2 is 1.92 bits per heavy atom. The fourth-order valence-electron chi connectivity index (χ4n) is 2.91. The molecule has 1 amide bonds. The van der Waals surface area contributed by atoms with Gasteiger partial charge in [0.25, 0.3) is 5.91 Å². The molecule has 24 heavy (non-hydrogen) atoms. The summed E-state index contributed by atoms with van der Waals surface area (Å²) in [5.41, 5.74) is 3.64. The first-order chi connectivity index (χ1) is 11.6. The normalized spacial score (nSPS) is 16.1. The third kappa shape index (κ3) is 2.91. The minimum Gasteiger partial charge on any atom is -0.374 e. The van der Waals surface area contributed by atoms with Crippen molar-refractivity contribution in [2.45, 2.75) is 12.6 Å². The van der Waals surface area contributed by atoms with Crippen LogP contribution in [0.2, 0.25) is 0 Å². The number of anilines is 2. The third-order valence-electron chi connectivity index (χ3n) is 4.37. The quantitative estimate of drug-likeness (QED) is 0.939. The van der Waals surface area contributed by atoms with Crippen molar-refractivity contribution in [3.8, 4) is 6.07 Å². The van der Waals surface area contributed by atoms with E-state index >= 15 is 0 Å². The van der Waals surface area contributed by atoms with Gasteiger partial charge in [-0.2, -0.15) is 5.26 Å². The molecule has 0 spiro atoms. The molecule has 1 atom stereocenters. The Labute approximate surface area is 142 Å². The van der Waals surface area contributed by atoms with Crippen molar-refractivity contribution in [1.82, 2.24) is 4.90 Å². The number of para-hydroxylation sites is 1. The summed E-state index contributed by atoms with van der Waals surface area (Å²) in [4.78, 5) is 16.3. The van der Waals surface area contributed by atoms with E-state index in [1.807, 2.05) is 67.5 Å². The Hall–Kier alpha value is -3.00. The Morgan fingerprint density at radius 1 is 1.21 bits per heavy atom. The van der Waals surface area contributed by atoms with Crippen LogP contribution in [-0.4, -0.2) is 31.4 Å². The Balaban J connectivity index is 1.82. The molecule has 5 heteroatoms. The summed E-state index contributed by atoms with van der Waals surface area (Å²) < 4.78 is 0. The smallest absolute Gasteiger partial charge is 0.257 e. The molecular weight excluding hydrogens is 300 g/mol. The van der Waals surface area contributed by atoms with Gasteiger partial charge in [-0.05, 0) is 29.8 Å². The van der Waals surface area contributed by atoms with E-state index in [0.29, 0.717) is 18.5 Å². The van der Waals surface area contributed by atoms with Gasteiger partial charge in [0.15, 0.2) is 0 Å². The van der Waals surface area contributed by atoms with Crippen molar-refractivity contribution in [2.24, 2.45) is 0 Å². The van der Waals surface area contributed by atoms with Crippen LogP contribution in [0.3, 0.4) is 0 Å². The van der Waals surface area contributed by atoms with Crippen LogP contribution in [0.15, 0.2) is 48.5 Å². The van der Waals surface area contributed by atoms with Gasteiger partial charge in [-0.15, -0.1) is 0 Å². The number of hydrogen-bond acceptors (Lipinski definition) is 4. The first-order valence-electron chi connectivity index (χ1n) is 7.92. The lowest BCUT2D eigenvalue weighted by atomic mass is 10.0. The van der Waals surface area contributed by atoms with Gasteiger partial charge in [0.1, 0.15) is 6.17 Å². The summed E-state index contributed by atoms with van der Waals surface area (Å²) in [6.45, 7) is 0.698. The third-order valence-corrected chi connectivity index (χ3v) is 4.37. The zero-order valence-corrected chi connectivity index (χ0v) is 13.9. The lowest BCUT2D eigenvalue weighted by molar-refractivity contribution is 0.0735. The summed E-state index contributed by atoms with van der Waals surface area (Å²) >= 11 is 0. The zero-order chi connectivity index (χ0) is 17.1.